The van der Waals surface area contributed by atoms with Gasteiger partial charge in [-0.3, -0.25) is 9.36 Å². The SMILES string of the molecule is CCCCCCCCCC(C)(C)n1c(=S)sc(=S)n1C(C)(C)CCCCCCCCC. The second-order valence-electron chi connectivity index (χ2n) is 10.6. The minimum atomic E-state index is 0.00544. The van der Waals surface area contributed by atoms with E-state index in [-0.39, 0.29) is 11.1 Å². The van der Waals surface area contributed by atoms with Crippen LogP contribution in [0, 0.1) is 7.91 Å². The van der Waals surface area contributed by atoms with E-state index in [1.54, 1.807) is 11.3 Å². The van der Waals surface area contributed by atoms with Gasteiger partial charge < -0.3 is 0 Å². The third-order valence-electron chi connectivity index (χ3n) is 6.65. The molecule has 0 N–H and O–H groups in total. The van der Waals surface area contributed by atoms with Crippen LogP contribution in [0.25, 0.3) is 0 Å². The molecule has 31 heavy (non-hydrogen) atoms. The van der Waals surface area contributed by atoms with Crippen molar-refractivity contribution in [3.05, 3.63) is 7.91 Å². The lowest BCUT2D eigenvalue weighted by molar-refractivity contribution is 0.163. The van der Waals surface area contributed by atoms with Crippen LogP contribution in [0.1, 0.15) is 144 Å². The Labute approximate surface area is 207 Å². The highest BCUT2D eigenvalue weighted by molar-refractivity contribution is 7.75. The molecule has 0 aliphatic heterocycles. The number of rotatable bonds is 18. The molecule has 5 heteroatoms. The first kappa shape index (κ1) is 29.0. The third kappa shape index (κ3) is 10.2. The van der Waals surface area contributed by atoms with E-state index in [0.717, 1.165) is 20.8 Å². The fraction of sp³-hybridized carbons (Fsp3) is 0.923. The van der Waals surface area contributed by atoms with Crippen LogP contribution in [0.2, 0.25) is 0 Å². The number of nitrogens with zero attached hydrogens (tertiary/aromatic N) is 2. The summed E-state index contributed by atoms with van der Waals surface area (Å²) in [4.78, 5) is 0. The van der Waals surface area contributed by atoms with Gasteiger partial charge in [-0.25, -0.2) is 0 Å². The molecule has 0 aromatic carbocycles. The number of hydrogen-bond donors (Lipinski definition) is 0. The van der Waals surface area contributed by atoms with E-state index in [4.69, 9.17) is 24.4 Å². The zero-order valence-electron chi connectivity index (χ0n) is 21.4. The maximum absolute atomic E-state index is 5.82. The molecule has 1 aromatic rings. The molecular weight excluding hydrogens is 437 g/mol. The van der Waals surface area contributed by atoms with Gasteiger partial charge in [0.2, 0.25) is 0 Å². The monoisotopic (exact) mass is 486 g/mol. The lowest BCUT2D eigenvalue weighted by Gasteiger charge is -2.36. The maximum atomic E-state index is 5.82. The fourth-order valence-corrected chi connectivity index (χ4v) is 6.87. The molecule has 182 valence electrons. The van der Waals surface area contributed by atoms with Gasteiger partial charge in [0.1, 0.15) is 0 Å². The summed E-state index contributed by atoms with van der Waals surface area (Å²) in [7, 11) is 0. The van der Waals surface area contributed by atoms with Crippen molar-refractivity contribution in [2.75, 3.05) is 0 Å². The second-order valence-corrected chi connectivity index (χ2v) is 12.9. The average Bonchev–Trinajstić information content (AvgIpc) is 3.02. The third-order valence-corrected chi connectivity index (χ3v) is 8.19. The Kier molecular flexibility index (Phi) is 14.1. The molecule has 0 atom stereocenters. The molecule has 0 saturated carbocycles. The summed E-state index contributed by atoms with van der Waals surface area (Å²) in [6.07, 6.45) is 21.2. The van der Waals surface area contributed by atoms with Crippen LogP contribution < -0.4 is 0 Å². The van der Waals surface area contributed by atoms with Gasteiger partial charge in [0.25, 0.3) is 0 Å². The lowest BCUT2D eigenvalue weighted by Crippen LogP contribution is -2.40. The predicted octanol–water partition coefficient (Wildman–Crippen LogP) is 10.6. The van der Waals surface area contributed by atoms with Crippen molar-refractivity contribution < 1.29 is 0 Å². The Bertz CT molecular complexity index is 650. The van der Waals surface area contributed by atoms with Crippen LogP contribution in [0.4, 0.5) is 0 Å². The Morgan fingerprint density at radius 1 is 0.548 bits per heavy atom. The molecule has 1 aromatic heterocycles. The first-order valence-corrected chi connectivity index (χ1v) is 14.7. The molecule has 0 aliphatic carbocycles. The Balaban J connectivity index is 2.71. The Morgan fingerprint density at radius 3 is 1.16 bits per heavy atom. The predicted molar refractivity (Wildman–Crippen MR) is 146 cm³/mol. The molecule has 0 saturated heterocycles. The number of aromatic nitrogens is 2. The zero-order valence-corrected chi connectivity index (χ0v) is 23.9. The summed E-state index contributed by atoms with van der Waals surface area (Å²) in [5, 5.41) is 0. The van der Waals surface area contributed by atoms with Gasteiger partial charge in [0, 0.05) is 0 Å². The van der Waals surface area contributed by atoms with E-state index in [0.29, 0.717) is 0 Å². The summed E-state index contributed by atoms with van der Waals surface area (Å²) in [5.41, 5.74) is 0.0109. The van der Waals surface area contributed by atoms with Gasteiger partial charge in [-0.1, -0.05) is 115 Å². The van der Waals surface area contributed by atoms with Gasteiger partial charge >= 0.3 is 0 Å². The highest BCUT2D eigenvalue weighted by Gasteiger charge is 2.31. The van der Waals surface area contributed by atoms with E-state index in [9.17, 15) is 0 Å². The lowest BCUT2D eigenvalue weighted by atomic mass is 9.94. The average molecular weight is 487 g/mol. The summed E-state index contributed by atoms with van der Waals surface area (Å²) >= 11 is 13.2. The first-order valence-electron chi connectivity index (χ1n) is 13.0. The number of hydrogen-bond acceptors (Lipinski definition) is 3. The van der Waals surface area contributed by atoms with Crippen molar-refractivity contribution in [2.45, 2.75) is 155 Å². The highest BCUT2D eigenvalue weighted by atomic mass is 32.2. The summed E-state index contributed by atoms with van der Waals surface area (Å²) in [6, 6.07) is 0. The minimum absolute atomic E-state index is 0.00544. The molecule has 0 bridgehead atoms. The van der Waals surface area contributed by atoms with E-state index < -0.39 is 0 Å². The quantitative estimate of drug-likeness (QED) is 0.151. The minimum Gasteiger partial charge on any atom is -0.258 e. The first-order chi connectivity index (χ1) is 14.7. The van der Waals surface area contributed by atoms with Crippen molar-refractivity contribution in [1.29, 1.82) is 0 Å². The maximum Gasteiger partial charge on any atom is 0.179 e. The molecule has 0 spiro atoms. The molecule has 1 rings (SSSR count). The standard InChI is InChI=1S/C26H50N2S3/c1-7-9-11-13-15-17-19-21-25(3,4)27-23(29)31-24(30)28(27)26(5,6)22-20-18-16-14-12-10-8-2/h7-22H2,1-6H3. The van der Waals surface area contributed by atoms with Crippen LogP contribution in [0.5, 0.6) is 0 Å². The molecule has 0 aliphatic rings. The van der Waals surface area contributed by atoms with E-state index in [1.165, 1.54) is 89.9 Å². The highest BCUT2D eigenvalue weighted by Crippen LogP contribution is 2.33. The Morgan fingerprint density at radius 2 is 0.839 bits per heavy atom. The van der Waals surface area contributed by atoms with Crippen LogP contribution in [0.3, 0.4) is 0 Å². The molecular formula is C26H50N2S3. The van der Waals surface area contributed by atoms with Gasteiger partial charge in [-0.05, 0) is 65.0 Å². The normalized spacial score (nSPS) is 12.6. The molecule has 0 unspecified atom stereocenters. The second kappa shape index (κ2) is 15.0. The molecule has 1 heterocycles. The summed E-state index contributed by atoms with van der Waals surface area (Å²) < 4.78 is 6.61. The van der Waals surface area contributed by atoms with Gasteiger partial charge in [0.15, 0.2) is 7.91 Å². The van der Waals surface area contributed by atoms with Crippen LogP contribution >= 0.6 is 35.8 Å². The van der Waals surface area contributed by atoms with Crippen molar-refractivity contribution in [3.8, 4) is 0 Å². The van der Waals surface area contributed by atoms with Crippen LogP contribution in [-0.2, 0) is 11.1 Å². The van der Waals surface area contributed by atoms with E-state index >= 15 is 0 Å². The van der Waals surface area contributed by atoms with Gasteiger partial charge in [-0.15, -0.1) is 0 Å². The zero-order chi connectivity index (χ0) is 23.3. The molecule has 2 nitrogen and oxygen atoms in total. The van der Waals surface area contributed by atoms with Crippen LogP contribution in [-0.4, -0.2) is 9.36 Å². The van der Waals surface area contributed by atoms with Gasteiger partial charge in [-0.2, -0.15) is 0 Å². The molecule has 0 amide bonds. The van der Waals surface area contributed by atoms with Crippen molar-refractivity contribution in [2.24, 2.45) is 0 Å². The molecule has 0 fully saturated rings. The topological polar surface area (TPSA) is 9.86 Å². The largest absolute Gasteiger partial charge is 0.258 e. The van der Waals surface area contributed by atoms with Crippen molar-refractivity contribution >= 4 is 35.8 Å². The summed E-state index contributed by atoms with van der Waals surface area (Å²) in [6.45, 7) is 14.0. The van der Waals surface area contributed by atoms with Crippen molar-refractivity contribution in [3.63, 3.8) is 0 Å². The molecule has 0 radical (unpaired) electrons. The fourth-order valence-electron chi connectivity index (χ4n) is 4.60. The van der Waals surface area contributed by atoms with Gasteiger partial charge in [0.05, 0.1) is 11.1 Å². The van der Waals surface area contributed by atoms with E-state index in [1.807, 2.05) is 0 Å². The summed E-state index contributed by atoms with van der Waals surface area (Å²) in [5.74, 6) is 0. The van der Waals surface area contributed by atoms with Crippen molar-refractivity contribution in [1.82, 2.24) is 9.36 Å². The number of unbranched alkanes of at least 4 members (excludes halogenated alkanes) is 12. The Hall–Kier alpha value is -0.0000000000000000278. The van der Waals surface area contributed by atoms with Crippen LogP contribution in [0.15, 0.2) is 0 Å². The van der Waals surface area contributed by atoms with E-state index in [2.05, 4.69) is 50.9 Å². The smallest absolute Gasteiger partial charge is 0.179 e.